The predicted octanol–water partition coefficient (Wildman–Crippen LogP) is 3.43. The number of aliphatic hydroxyl groups excluding tert-OH is 4. The van der Waals surface area contributed by atoms with Gasteiger partial charge in [-0.25, -0.2) is 0 Å². The van der Waals surface area contributed by atoms with Gasteiger partial charge in [-0.2, -0.15) is 46.7 Å². The van der Waals surface area contributed by atoms with Crippen LogP contribution in [0.3, 0.4) is 0 Å². The fourth-order valence-corrected chi connectivity index (χ4v) is 7.84. The summed E-state index contributed by atoms with van der Waals surface area (Å²) in [6, 6.07) is 24.6. The van der Waals surface area contributed by atoms with Gasteiger partial charge in [0.1, 0.15) is 15.6 Å². The standard InChI is InChI=1S/C42H47N11O10S2/c1-28-6-5-9-32(24-28)43-39-48-40(51-42(50-39)53(18-22-56)19-23-57)45-34-15-13-31(36(27-34)65(61,62)63)11-10-30-12-14-33(26-35(30)64(58,59)60)44-38-46-37(25-29-7-3-2-4-8-29)47-41(49-38)52(16-20-54)17-21-55/h2-15,24,26-27,54-57H,16-23,25H2,1H3,(H,58,59,60)(H,61,62,63)(H,44,46,47,49)(H2,43,45,48,50,51). The predicted molar refractivity (Wildman–Crippen MR) is 244 cm³/mol. The highest BCUT2D eigenvalue weighted by atomic mass is 32.2. The fourth-order valence-electron chi connectivity index (χ4n) is 6.42. The van der Waals surface area contributed by atoms with Crippen LogP contribution in [0.15, 0.2) is 101 Å². The normalized spacial score (nSPS) is 11.7. The second kappa shape index (κ2) is 21.8. The van der Waals surface area contributed by atoms with Crippen LogP contribution in [-0.2, 0) is 26.7 Å². The van der Waals surface area contributed by atoms with Crippen LogP contribution in [0.1, 0.15) is 28.1 Å². The van der Waals surface area contributed by atoms with E-state index < -0.39 is 30.0 Å². The van der Waals surface area contributed by atoms with Gasteiger partial charge in [0, 0.05) is 49.7 Å². The van der Waals surface area contributed by atoms with Crippen LogP contribution in [0.4, 0.5) is 46.8 Å². The van der Waals surface area contributed by atoms with Crippen molar-refractivity contribution in [3.05, 3.63) is 119 Å². The van der Waals surface area contributed by atoms with Crippen LogP contribution in [-0.4, -0.2) is 129 Å². The monoisotopic (exact) mass is 929 g/mol. The lowest BCUT2D eigenvalue weighted by molar-refractivity contribution is 0.279. The minimum atomic E-state index is -4.91. The first kappa shape index (κ1) is 47.8. The lowest BCUT2D eigenvalue weighted by Gasteiger charge is -2.21. The molecule has 6 rings (SSSR count). The molecule has 21 nitrogen and oxygen atoms in total. The number of hydrogen-bond donors (Lipinski definition) is 9. The lowest BCUT2D eigenvalue weighted by Crippen LogP contribution is -2.32. The molecule has 342 valence electrons. The summed E-state index contributed by atoms with van der Waals surface area (Å²) in [5.41, 5.74) is 2.64. The Morgan fingerprint density at radius 1 is 0.523 bits per heavy atom. The van der Waals surface area contributed by atoms with Crippen molar-refractivity contribution < 1.29 is 46.4 Å². The molecule has 4 aromatic carbocycles. The van der Waals surface area contributed by atoms with E-state index in [2.05, 4.69) is 45.9 Å². The summed E-state index contributed by atoms with van der Waals surface area (Å²) < 4.78 is 71.6. The third-order valence-electron chi connectivity index (χ3n) is 9.36. The molecule has 0 fully saturated rings. The van der Waals surface area contributed by atoms with Gasteiger partial charge in [-0.05, 0) is 65.6 Å². The van der Waals surface area contributed by atoms with Crippen LogP contribution in [0.25, 0.3) is 12.2 Å². The molecule has 0 aliphatic carbocycles. The van der Waals surface area contributed by atoms with E-state index in [1.54, 1.807) is 11.0 Å². The molecule has 6 aromatic rings. The number of hydrogen-bond acceptors (Lipinski definition) is 19. The van der Waals surface area contributed by atoms with Crippen molar-refractivity contribution in [3.8, 4) is 0 Å². The quantitative estimate of drug-likeness (QED) is 0.0348. The van der Waals surface area contributed by atoms with Crippen LogP contribution in [0, 0.1) is 6.92 Å². The molecule has 0 radical (unpaired) electrons. The molecule has 0 bridgehead atoms. The van der Waals surface area contributed by atoms with Gasteiger partial charge in [0.2, 0.25) is 29.7 Å². The Morgan fingerprint density at radius 3 is 1.42 bits per heavy atom. The highest BCUT2D eigenvalue weighted by Gasteiger charge is 2.21. The van der Waals surface area contributed by atoms with E-state index >= 15 is 0 Å². The van der Waals surface area contributed by atoms with Crippen molar-refractivity contribution in [2.75, 3.05) is 78.4 Å². The number of nitrogens with zero attached hydrogens (tertiary/aromatic N) is 8. The highest BCUT2D eigenvalue weighted by molar-refractivity contribution is 7.86. The largest absolute Gasteiger partial charge is 0.395 e. The van der Waals surface area contributed by atoms with E-state index in [1.807, 2.05) is 55.5 Å². The van der Waals surface area contributed by atoms with Crippen molar-refractivity contribution >= 4 is 79.2 Å². The number of anilines is 8. The molecule has 0 amide bonds. The number of aliphatic hydroxyl groups is 4. The van der Waals surface area contributed by atoms with Crippen molar-refractivity contribution in [2.24, 2.45) is 0 Å². The molecule has 0 saturated carbocycles. The summed E-state index contributed by atoms with van der Waals surface area (Å²) in [5.74, 6) is 0.578. The first-order valence-corrected chi connectivity index (χ1v) is 22.8. The SMILES string of the molecule is Cc1cccc(Nc2nc(Nc3ccc(C=Cc4ccc(Nc5nc(Cc6ccccc6)nc(N(CCO)CCO)n5)cc4S(=O)(=O)O)c(S(=O)(=O)O)c3)nc(N(CCO)CCO)n2)c1. The van der Waals surface area contributed by atoms with Crippen LogP contribution in [0.2, 0.25) is 0 Å². The first-order valence-electron chi connectivity index (χ1n) is 19.9. The van der Waals surface area contributed by atoms with Gasteiger partial charge in [-0.1, -0.05) is 66.7 Å². The molecule has 0 saturated heterocycles. The van der Waals surface area contributed by atoms with Crippen LogP contribution < -0.4 is 25.8 Å². The van der Waals surface area contributed by atoms with Crippen LogP contribution >= 0.6 is 0 Å². The summed E-state index contributed by atoms with van der Waals surface area (Å²) in [6.07, 6.45) is 2.77. The van der Waals surface area contributed by atoms with Gasteiger partial charge in [-0.3, -0.25) is 9.11 Å². The molecule has 9 N–H and O–H groups in total. The van der Waals surface area contributed by atoms with Gasteiger partial charge in [0.15, 0.2) is 0 Å². The minimum absolute atomic E-state index is 0.00214. The Kier molecular flexibility index (Phi) is 16.0. The Labute approximate surface area is 374 Å². The maximum atomic E-state index is 12.8. The van der Waals surface area contributed by atoms with E-state index in [9.17, 15) is 46.4 Å². The number of nitrogens with one attached hydrogen (secondary N) is 3. The minimum Gasteiger partial charge on any atom is -0.395 e. The highest BCUT2D eigenvalue weighted by Crippen LogP contribution is 2.29. The first-order chi connectivity index (χ1) is 31.1. The third kappa shape index (κ3) is 13.4. The van der Waals surface area contributed by atoms with E-state index in [1.165, 1.54) is 41.3 Å². The van der Waals surface area contributed by atoms with Crippen molar-refractivity contribution in [1.82, 2.24) is 29.9 Å². The average Bonchev–Trinajstić information content (AvgIpc) is 3.25. The summed E-state index contributed by atoms with van der Waals surface area (Å²) in [7, 11) is -9.81. The maximum absolute atomic E-state index is 12.8. The Hall–Kier alpha value is -6.70. The topological polar surface area (TPSA) is 310 Å². The Morgan fingerprint density at radius 2 is 0.969 bits per heavy atom. The van der Waals surface area contributed by atoms with Gasteiger partial charge >= 0.3 is 0 Å². The van der Waals surface area contributed by atoms with Gasteiger partial charge < -0.3 is 46.2 Å². The number of benzene rings is 4. The number of aryl methyl sites for hydroxylation is 1. The summed E-state index contributed by atoms with van der Waals surface area (Å²) >= 11 is 0. The molecule has 2 aromatic heterocycles. The molecule has 0 atom stereocenters. The van der Waals surface area contributed by atoms with E-state index in [4.69, 9.17) is 0 Å². The van der Waals surface area contributed by atoms with Gasteiger partial charge in [0.25, 0.3) is 20.2 Å². The molecule has 0 unspecified atom stereocenters. The van der Waals surface area contributed by atoms with Crippen molar-refractivity contribution in [2.45, 2.75) is 23.1 Å². The molecular formula is C42H47N11O10S2. The molecule has 0 aliphatic heterocycles. The fraction of sp³-hybridized carbons (Fsp3) is 0.238. The van der Waals surface area contributed by atoms with Gasteiger partial charge in [0.05, 0.1) is 26.4 Å². The van der Waals surface area contributed by atoms with Gasteiger partial charge in [-0.15, -0.1) is 0 Å². The van der Waals surface area contributed by atoms with E-state index in [0.717, 1.165) is 23.3 Å². The number of rotatable bonds is 22. The molecule has 0 aliphatic rings. The van der Waals surface area contributed by atoms with Crippen LogP contribution in [0.5, 0.6) is 0 Å². The second-order valence-electron chi connectivity index (χ2n) is 14.2. The summed E-state index contributed by atoms with van der Waals surface area (Å²) in [4.78, 5) is 28.7. The summed E-state index contributed by atoms with van der Waals surface area (Å²) in [6.45, 7) is 1.21. The van der Waals surface area contributed by atoms with Crippen molar-refractivity contribution in [1.29, 1.82) is 0 Å². The maximum Gasteiger partial charge on any atom is 0.295 e. The third-order valence-corrected chi connectivity index (χ3v) is 11.2. The zero-order valence-corrected chi connectivity index (χ0v) is 36.5. The zero-order valence-electron chi connectivity index (χ0n) is 34.9. The second-order valence-corrected chi connectivity index (χ2v) is 17.0. The Bertz CT molecular complexity index is 2830. The molecule has 23 heteroatoms. The molecule has 0 spiro atoms. The smallest absolute Gasteiger partial charge is 0.295 e. The van der Waals surface area contributed by atoms with Crippen molar-refractivity contribution in [3.63, 3.8) is 0 Å². The Balaban J connectivity index is 1.31. The van der Waals surface area contributed by atoms with E-state index in [-0.39, 0.29) is 105 Å². The molecular weight excluding hydrogens is 883 g/mol. The summed E-state index contributed by atoms with van der Waals surface area (Å²) in [5, 5.41) is 47.6. The van der Waals surface area contributed by atoms with E-state index in [0.29, 0.717) is 17.9 Å². The lowest BCUT2D eigenvalue weighted by atomic mass is 10.1. The molecule has 2 heterocycles. The molecule has 65 heavy (non-hydrogen) atoms. The number of aromatic nitrogens is 6. The zero-order chi connectivity index (χ0) is 46.6. The average molecular weight is 930 g/mol.